The van der Waals surface area contributed by atoms with Gasteiger partial charge in [0, 0.05) is 23.4 Å². The fourth-order valence-electron chi connectivity index (χ4n) is 2.85. The number of ketones is 1. The lowest BCUT2D eigenvalue weighted by Gasteiger charge is -2.03. The minimum absolute atomic E-state index is 0.0346. The second-order valence-corrected chi connectivity index (χ2v) is 5.38. The van der Waals surface area contributed by atoms with Crippen molar-refractivity contribution in [3.8, 4) is 5.75 Å². The van der Waals surface area contributed by atoms with Crippen LogP contribution >= 0.6 is 0 Å². The number of nitro groups is 1. The number of benzene rings is 2. The number of non-ortho nitro benzene ring substituents is 1. The molecule has 2 aromatic carbocycles. The number of nitrogens with one attached hydrogen (secondary N) is 2. The number of Topliss-reactive ketones (excluding diaryl/α,β-unsaturated/α-hetero) is 1. The summed E-state index contributed by atoms with van der Waals surface area (Å²) < 4.78 is 0. The molecule has 0 saturated carbocycles. The summed E-state index contributed by atoms with van der Waals surface area (Å²) in [6.07, 6.45) is 0. The Morgan fingerprint density at radius 3 is 2.42 bits per heavy atom. The predicted octanol–water partition coefficient (Wildman–Crippen LogP) is 2.27. The Kier molecular flexibility index (Phi) is 2.71. The molecule has 0 radical (unpaired) electrons. The molecule has 4 rings (SSSR count). The zero-order valence-corrected chi connectivity index (χ0v) is 12.0. The van der Waals surface area contributed by atoms with Gasteiger partial charge in [-0.2, -0.15) is 0 Å². The number of anilines is 2. The van der Waals surface area contributed by atoms with E-state index >= 15 is 0 Å². The smallest absolute Gasteiger partial charge is 0.270 e. The Hall–Kier alpha value is -3.68. The van der Waals surface area contributed by atoms with Crippen LogP contribution in [-0.2, 0) is 4.79 Å². The van der Waals surface area contributed by atoms with Crippen LogP contribution in [0.15, 0.2) is 42.1 Å². The van der Waals surface area contributed by atoms with Crippen LogP contribution in [0.5, 0.6) is 5.75 Å². The van der Waals surface area contributed by atoms with Crippen molar-refractivity contribution >= 4 is 34.3 Å². The highest BCUT2D eigenvalue weighted by atomic mass is 16.6. The molecule has 2 heterocycles. The molecule has 0 spiro atoms. The van der Waals surface area contributed by atoms with Crippen LogP contribution in [0.2, 0.25) is 0 Å². The van der Waals surface area contributed by atoms with Gasteiger partial charge in [-0.05, 0) is 24.3 Å². The Bertz CT molecular complexity index is 993. The van der Waals surface area contributed by atoms with E-state index in [9.17, 15) is 24.8 Å². The van der Waals surface area contributed by atoms with E-state index in [-0.39, 0.29) is 28.3 Å². The van der Waals surface area contributed by atoms with Crippen molar-refractivity contribution in [2.24, 2.45) is 0 Å². The molecule has 0 aliphatic carbocycles. The average molecular weight is 323 g/mol. The molecule has 8 nitrogen and oxygen atoms in total. The van der Waals surface area contributed by atoms with E-state index in [4.69, 9.17) is 0 Å². The second-order valence-electron chi connectivity index (χ2n) is 5.38. The van der Waals surface area contributed by atoms with E-state index in [1.54, 1.807) is 0 Å². The van der Waals surface area contributed by atoms with Crippen LogP contribution in [0.4, 0.5) is 17.1 Å². The van der Waals surface area contributed by atoms with Crippen molar-refractivity contribution in [3.63, 3.8) is 0 Å². The first-order valence-electron chi connectivity index (χ1n) is 6.95. The van der Waals surface area contributed by atoms with E-state index in [2.05, 4.69) is 10.6 Å². The quantitative estimate of drug-likeness (QED) is 0.320. The van der Waals surface area contributed by atoms with Crippen molar-refractivity contribution < 1.29 is 19.6 Å². The molecule has 1 amide bonds. The molecule has 2 aliphatic rings. The van der Waals surface area contributed by atoms with Crippen molar-refractivity contribution in [2.75, 3.05) is 10.6 Å². The van der Waals surface area contributed by atoms with Gasteiger partial charge in [-0.3, -0.25) is 19.7 Å². The molecule has 0 unspecified atom stereocenters. The summed E-state index contributed by atoms with van der Waals surface area (Å²) >= 11 is 0. The Morgan fingerprint density at radius 1 is 0.958 bits per heavy atom. The van der Waals surface area contributed by atoms with Gasteiger partial charge in [0.2, 0.25) is 5.78 Å². The summed E-state index contributed by atoms with van der Waals surface area (Å²) in [5, 5.41) is 25.9. The number of nitrogens with zero attached hydrogens (tertiary/aromatic N) is 1. The zero-order chi connectivity index (χ0) is 17.0. The molecule has 2 aromatic rings. The number of rotatable bonds is 1. The fourth-order valence-corrected chi connectivity index (χ4v) is 2.85. The number of phenols is 1. The normalized spacial score (nSPS) is 18.0. The lowest BCUT2D eigenvalue weighted by Crippen LogP contribution is -2.11. The van der Waals surface area contributed by atoms with Crippen LogP contribution in [-0.4, -0.2) is 21.7 Å². The highest BCUT2D eigenvalue weighted by Crippen LogP contribution is 2.40. The maximum Gasteiger partial charge on any atom is 0.270 e. The summed E-state index contributed by atoms with van der Waals surface area (Å²) in [4.78, 5) is 35.2. The van der Waals surface area contributed by atoms with Gasteiger partial charge in [0.1, 0.15) is 11.4 Å². The first-order chi connectivity index (χ1) is 11.5. The molecule has 3 N–H and O–H groups in total. The number of carbonyl (C=O) groups excluding carboxylic acids is 2. The van der Waals surface area contributed by atoms with Crippen molar-refractivity contribution in [2.45, 2.75) is 0 Å². The number of nitro benzene ring substituents is 1. The van der Waals surface area contributed by atoms with Crippen molar-refractivity contribution in [1.29, 1.82) is 0 Å². The maximum absolute atomic E-state index is 12.6. The van der Waals surface area contributed by atoms with Crippen molar-refractivity contribution in [3.05, 3.63) is 63.3 Å². The van der Waals surface area contributed by atoms with E-state index in [0.717, 1.165) is 0 Å². The second kappa shape index (κ2) is 4.66. The van der Waals surface area contributed by atoms with E-state index < -0.39 is 16.6 Å². The number of phenolic OH excluding ortho intramolecular Hbond substituents is 1. The standard InChI is InChI=1S/C16H9N3O5/c20-8-2-4-12-10(6-8)15(21)14(17-12)13-9-5-7(19(23)24)1-3-11(9)18-16(13)22/h1-6,17,20H,(H,18,22)/b14-13-. The van der Waals surface area contributed by atoms with Crippen LogP contribution in [0, 0.1) is 10.1 Å². The molecule has 24 heavy (non-hydrogen) atoms. The predicted molar refractivity (Wildman–Crippen MR) is 84.7 cm³/mol. The zero-order valence-electron chi connectivity index (χ0n) is 12.0. The number of fused-ring (bicyclic) bond motifs is 2. The summed E-state index contributed by atoms with van der Waals surface area (Å²) in [6, 6.07) is 8.21. The molecule has 0 fully saturated rings. The third-order valence-electron chi connectivity index (χ3n) is 3.94. The number of hydrogen-bond acceptors (Lipinski definition) is 6. The number of carbonyl (C=O) groups is 2. The lowest BCUT2D eigenvalue weighted by molar-refractivity contribution is -0.384. The Balaban J connectivity index is 1.91. The van der Waals surface area contributed by atoms with Crippen LogP contribution in [0.3, 0.4) is 0 Å². The number of amides is 1. The fraction of sp³-hybridized carbons (Fsp3) is 0. The minimum atomic E-state index is -0.567. The first kappa shape index (κ1) is 13.9. The molecule has 0 aromatic heterocycles. The molecule has 118 valence electrons. The number of hydrogen-bond donors (Lipinski definition) is 3. The summed E-state index contributed by atoms with van der Waals surface area (Å²) in [5.74, 6) is -1.04. The van der Waals surface area contributed by atoms with Gasteiger partial charge >= 0.3 is 0 Å². The van der Waals surface area contributed by atoms with Crippen LogP contribution in [0.1, 0.15) is 15.9 Å². The number of aromatic hydroxyl groups is 1. The lowest BCUT2D eigenvalue weighted by atomic mass is 10.0. The van der Waals surface area contributed by atoms with Crippen LogP contribution < -0.4 is 10.6 Å². The maximum atomic E-state index is 12.6. The van der Waals surface area contributed by atoms with Gasteiger partial charge in [0.25, 0.3) is 11.6 Å². The molecule has 0 atom stereocenters. The van der Waals surface area contributed by atoms with Gasteiger partial charge in [0.15, 0.2) is 0 Å². The van der Waals surface area contributed by atoms with E-state index in [1.165, 1.54) is 36.4 Å². The first-order valence-corrected chi connectivity index (χ1v) is 6.95. The highest BCUT2D eigenvalue weighted by molar-refractivity contribution is 6.39. The molecule has 2 aliphatic heterocycles. The third-order valence-corrected chi connectivity index (χ3v) is 3.94. The summed E-state index contributed by atoms with van der Waals surface area (Å²) in [5.41, 5.74) is 1.31. The van der Waals surface area contributed by atoms with Gasteiger partial charge in [0.05, 0.1) is 21.7 Å². The summed E-state index contributed by atoms with van der Waals surface area (Å²) in [7, 11) is 0. The van der Waals surface area contributed by atoms with Gasteiger partial charge in [-0.25, -0.2) is 0 Å². The number of allylic oxidation sites excluding steroid dienone is 1. The molecule has 8 heteroatoms. The van der Waals surface area contributed by atoms with E-state index in [1.807, 2.05) is 0 Å². The van der Waals surface area contributed by atoms with Gasteiger partial charge < -0.3 is 15.7 Å². The summed E-state index contributed by atoms with van der Waals surface area (Å²) in [6.45, 7) is 0. The molecule has 0 bridgehead atoms. The Morgan fingerprint density at radius 2 is 1.67 bits per heavy atom. The average Bonchev–Trinajstić information content (AvgIpc) is 3.03. The van der Waals surface area contributed by atoms with Gasteiger partial charge in [-0.1, -0.05) is 0 Å². The topological polar surface area (TPSA) is 122 Å². The largest absolute Gasteiger partial charge is 0.508 e. The molecular weight excluding hydrogens is 314 g/mol. The highest BCUT2D eigenvalue weighted by Gasteiger charge is 2.36. The molecular formula is C16H9N3O5. The third kappa shape index (κ3) is 1.86. The van der Waals surface area contributed by atoms with Crippen molar-refractivity contribution in [1.82, 2.24) is 0 Å². The van der Waals surface area contributed by atoms with E-state index in [0.29, 0.717) is 16.9 Å². The molecule has 0 saturated heterocycles. The minimum Gasteiger partial charge on any atom is -0.508 e. The monoisotopic (exact) mass is 323 g/mol. The van der Waals surface area contributed by atoms with Gasteiger partial charge in [-0.15, -0.1) is 0 Å². The SMILES string of the molecule is O=C1Nc2ccc([N+](=O)[O-])cc2/C1=C1/Nc2ccc(O)cc2C1=O. The van der Waals surface area contributed by atoms with Crippen LogP contribution in [0.25, 0.3) is 5.57 Å². The Labute approximate surface area is 134 Å².